The van der Waals surface area contributed by atoms with Crippen LogP contribution in [0, 0.1) is 0 Å². The predicted molar refractivity (Wildman–Crippen MR) is 78.8 cm³/mol. The Hall–Kier alpha value is -2.15. The molecule has 7 heteroatoms. The smallest absolute Gasteiger partial charge is 0.328 e. The van der Waals surface area contributed by atoms with Crippen LogP contribution in [0.25, 0.3) is 6.08 Å². The Morgan fingerprint density at radius 2 is 2.19 bits per heavy atom. The molecule has 0 unspecified atom stereocenters. The van der Waals surface area contributed by atoms with Gasteiger partial charge in [-0.25, -0.2) is 4.79 Å². The van der Waals surface area contributed by atoms with E-state index in [9.17, 15) is 4.79 Å². The van der Waals surface area contributed by atoms with E-state index in [0.29, 0.717) is 29.5 Å². The number of halogens is 1. The molecule has 0 aliphatic heterocycles. The van der Waals surface area contributed by atoms with Crippen LogP contribution in [0.4, 0.5) is 0 Å². The number of carbonyl (C=O) groups is 1. The van der Waals surface area contributed by atoms with Crippen LogP contribution >= 0.6 is 15.9 Å². The molecule has 1 aromatic heterocycles. The zero-order valence-corrected chi connectivity index (χ0v) is 12.8. The largest absolute Gasteiger partial charge is 0.484 e. The van der Waals surface area contributed by atoms with E-state index in [0.717, 1.165) is 10.5 Å². The van der Waals surface area contributed by atoms with E-state index >= 15 is 0 Å². The highest BCUT2D eigenvalue weighted by molar-refractivity contribution is 9.10. The number of aromatic nitrogens is 2. The summed E-state index contributed by atoms with van der Waals surface area (Å²) in [6, 6.07) is 5.27. The fourth-order valence-electron chi connectivity index (χ4n) is 1.54. The number of carboxylic acid groups (broad SMARTS) is 1. The van der Waals surface area contributed by atoms with Crippen LogP contribution in [-0.4, -0.2) is 21.3 Å². The molecular weight excluding hydrogens is 340 g/mol. The molecule has 0 spiro atoms. The first-order chi connectivity index (χ1) is 10.1. The van der Waals surface area contributed by atoms with Gasteiger partial charge in [0.25, 0.3) is 5.89 Å². The number of aliphatic carboxylic acids is 1. The summed E-state index contributed by atoms with van der Waals surface area (Å²) in [5.41, 5.74) is 0.703. The lowest BCUT2D eigenvalue weighted by molar-refractivity contribution is -0.131. The highest BCUT2D eigenvalue weighted by Gasteiger charge is 2.06. The first-order valence-electron chi connectivity index (χ1n) is 6.23. The molecular formula is C14H13BrN2O4. The van der Waals surface area contributed by atoms with Crippen LogP contribution in [0.1, 0.15) is 24.3 Å². The van der Waals surface area contributed by atoms with Gasteiger partial charge in [-0.2, -0.15) is 0 Å². The number of ether oxygens (including phenoxy) is 1. The Morgan fingerprint density at radius 3 is 2.86 bits per heavy atom. The highest BCUT2D eigenvalue weighted by atomic mass is 79.9. The SMILES string of the molecule is CCc1nnc(COc2ccc(Br)c(/C=C/C(=O)O)c2)o1. The van der Waals surface area contributed by atoms with Crippen molar-refractivity contribution in [2.45, 2.75) is 20.0 Å². The number of carboxylic acids is 1. The Balaban J connectivity index is 2.06. The van der Waals surface area contributed by atoms with Gasteiger partial charge in [-0.1, -0.05) is 22.9 Å². The second-order valence-electron chi connectivity index (χ2n) is 4.09. The summed E-state index contributed by atoms with van der Waals surface area (Å²) >= 11 is 3.35. The van der Waals surface area contributed by atoms with Crippen molar-refractivity contribution in [2.75, 3.05) is 0 Å². The Kier molecular flexibility index (Phi) is 5.10. The monoisotopic (exact) mass is 352 g/mol. The summed E-state index contributed by atoms with van der Waals surface area (Å²) in [7, 11) is 0. The van der Waals surface area contributed by atoms with Gasteiger partial charge in [0.1, 0.15) is 5.75 Å². The van der Waals surface area contributed by atoms with Gasteiger partial charge in [-0.05, 0) is 29.8 Å². The number of hydrogen-bond donors (Lipinski definition) is 1. The molecule has 1 N–H and O–H groups in total. The third-order valence-electron chi connectivity index (χ3n) is 2.55. The number of aryl methyl sites for hydroxylation is 1. The first-order valence-corrected chi connectivity index (χ1v) is 7.02. The highest BCUT2D eigenvalue weighted by Crippen LogP contribution is 2.24. The van der Waals surface area contributed by atoms with Gasteiger partial charge in [-0.15, -0.1) is 10.2 Å². The van der Waals surface area contributed by atoms with Crippen molar-refractivity contribution in [1.29, 1.82) is 0 Å². The Morgan fingerprint density at radius 1 is 1.43 bits per heavy atom. The summed E-state index contributed by atoms with van der Waals surface area (Å²) in [4.78, 5) is 10.5. The van der Waals surface area contributed by atoms with Crippen molar-refractivity contribution in [3.8, 4) is 5.75 Å². The average Bonchev–Trinajstić information content (AvgIpc) is 2.93. The predicted octanol–water partition coefficient (Wildman–Crippen LogP) is 3.07. The van der Waals surface area contributed by atoms with Crippen molar-refractivity contribution in [1.82, 2.24) is 10.2 Å². The minimum absolute atomic E-state index is 0.163. The molecule has 0 aliphatic rings. The Labute approximate surface area is 129 Å². The molecule has 0 amide bonds. The van der Waals surface area contributed by atoms with Crippen molar-refractivity contribution in [2.24, 2.45) is 0 Å². The van der Waals surface area contributed by atoms with E-state index in [1.165, 1.54) is 6.08 Å². The molecule has 0 saturated carbocycles. The molecule has 110 valence electrons. The summed E-state index contributed by atoms with van der Waals surface area (Å²) in [6.07, 6.45) is 3.23. The molecule has 0 saturated heterocycles. The molecule has 0 bridgehead atoms. The van der Waals surface area contributed by atoms with E-state index in [2.05, 4.69) is 26.1 Å². The number of hydrogen-bond acceptors (Lipinski definition) is 5. The molecule has 1 aromatic carbocycles. The van der Waals surface area contributed by atoms with E-state index in [-0.39, 0.29) is 6.61 Å². The molecule has 0 aliphatic carbocycles. The normalized spacial score (nSPS) is 11.0. The third kappa shape index (κ3) is 4.42. The van der Waals surface area contributed by atoms with E-state index in [4.69, 9.17) is 14.3 Å². The van der Waals surface area contributed by atoms with Crippen LogP contribution in [0.3, 0.4) is 0 Å². The molecule has 2 aromatic rings. The molecule has 0 atom stereocenters. The van der Waals surface area contributed by atoms with Crippen LogP contribution in [0.5, 0.6) is 5.75 Å². The van der Waals surface area contributed by atoms with Crippen LogP contribution < -0.4 is 4.74 Å². The number of rotatable bonds is 6. The molecule has 2 rings (SSSR count). The Bertz CT molecular complexity index is 667. The quantitative estimate of drug-likeness (QED) is 0.804. The zero-order valence-electron chi connectivity index (χ0n) is 11.2. The van der Waals surface area contributed by atoms with Crippen molar-refractivity contribution in [3.05, 3.63) is 46.1 Å². The zero-order chi connectivity index (χ0) is 15.2. The standard InChI is InChI=1S/C14H13BrN2O4/c1-2-12-16-17-13(21-12)8-20-10-4-5-11(15)9(7-10)3-6-14(18)19/h3-7H,2,8H2,1H3,(H,18,19)/b6-3+. The lowest BCUT2D eigenvalue weighted by Gasteiger charge is -2.05. The van der Waals surface area contributed by atoms with Crippen molar-refractivity contribution in [3.63, 3.8) is 0 Å². The summed E-state index contributed by atoms with van der Waals surface area (Å²) in [5.74, 6) is 0.539. The van der Waals surface area contributed by atoms with Gasteiger partial charge in [0.15, 0.2) is 6.61 Å². The van der Waals surface area contributed by atoms with Gasteiger partial charge in [-0.3, -0.25) is 0 Å². The molecule has 1 heterocycles. The summed E-state index contributed by atoms with van der Waals surface area (Å²) in [5, 5.41) is 16.4. The second kappa shape index (κ2) is 7.03. The third-order valence-corrected chi connectivity index (χ3v) is 3.27. The fourth-order valence-corrected chi connectivity index (χ4v) is 1.91. The number of nitrogens with zero attached hydrogens (tertiary/aromatic N) is 2. The van der Waals surface area contributed by atoms with Crippen molar-refractivity contribution < 1.29 is 19.1 Å². The van der Waals surface area contributed by atoms with Gasteiger partial charge >= 0.3 is 5.97 Å². The van der Waals surface area contributed by atoms with Crippen LogP contribution in [0.15, 0.2) is 33.2 Å². The first kappa shape index (κ1) is 15.2. The molecule has 0 fully saturated rings. The maximum absolute atomic E-state index is 10.5. The van der Waals surface area contributed by atoms with Crippen molar-refractivity contribution >= 4 is 28.0 Å². The number of benzene rings is 1. The summed E-state index contributed by atoms with van der Waals surface area (Å²) in [6.45, 7) is 2.09. The van der Waals surface area contributed by atoms with Crippen LogP contribution in [0.2, 0.25) is 0 Å². The van der Waals surface area contributed by atoms with E-state index < -0.39 is 5.97 Å². The van der Waals surface area contributed by atoms with Crippen LogP contribution in [-0.2, 0) is 17.8 Å². The second-order valence-corrected chi connectivity index (χ2v) is 4.94. The molecule has 6 nitrogen and oxygen atoms in total. The maximum atomic E-state index is 10.5. The lowest BCUT2D eigenvalue weighted by Crippen LogP contribution is -1.96. The van der Waals surface area contributed by atoms with Gasteiger partial charge in [0.05, 0.1) is 0 Å². The van der Waals surface area contributed by atoms with E-state index in [1.807, 2.05) is 6.92 Å². The minimum atomic E-state index is -1.01. The van der Waals surface area contributed by atoms with Gasteiger partial charge in [0, 0.05) is 17.0 Å². The average molecular weight is 353 g/mol. The van der Waals surface area contributed by atoms with Gasteiger partial charge in [0.2, 0.25) is 5.89 Å². The molecule has 0 radical (unpaired) electrons. The minimum Gasteiger partial charge on any atom is -0.484 e. The van der Waals surface area contributed by atoms with Gasteiger partial charge < -0.3 is 14.3 Å². The lowest BCUT2D eigenvalue weighted by atomic mass is 10.2. The molecule has 21 heavy (non-hydrogen) atoms. The summed E-state index contributed by atoms with van der Waals surface area (Å²) < 4.78 is 11.7. The fraction of sp³-hybridized carbons (Fsp3) is 0.214. The topological polar surface area (TPSA) is 85.5 Å². The maximum Gasteiger partial charge on any atom is 0.328 e. The van der Waals surface area contributed by atoms with E-state index in [1.54, 1.807) is 18.2 Å².